The second-order valence-electron chi connectivity index (χ2n) is 9.15. The largest absolute Gasteiger partial charge is 0.508 e. The summed E-state index contributed by atoms with van der Waals surface area (Å²) in [5.41, 5.74) is 2.16. The van der Waals surface area contributed by atoms with Crippen molar-refractivity contribution in [2.45, 2.75) is 37.9 Å². The third kappa shape index (κ3) is 8.55. The molecule has 0 amide bonds. The van der Waals surface area contributed by atoms with Gasteiger partial charge in [0.15, 0.2) is 6.29 Å². The number of phenolic OH excluding ortho intramolecular Hbond substituents is 1. The zero-order valence-electron chi connectivity index (χ0n) is 23.3. The molecule has 11 nitrogen and oxygen atoms in total. The molecule has 11 heteroatoms. The summed E-state index contributed by atoms with van der Waals surface area (Å²) in [6.45, 7) is 0.735. The molecule has 0 saturated carbocycles. The number of oxazole rings is 2. The second kappa shape index (κ2) is 15.2. The van der Waals surface area contributed by atoms with Gasteiger partial charge < -0.3 is 32.9 Å². The van der Waals surface area contributed by atoms with Crippen LogP contribution >= 0.6 is 0 Å². The minimum absolute atomic E-state index is 0.141. The number of hydrogen-bond acceptors (Lipinski definition) is 11. The predicted octanol–water partition coefficient (Wildman–Crippen LogP) is 5.26. The highest BCUT2D eigenvalue weighted by Gasteiger charge is 2.22. The number of methoxy groups -OCH3 is 2. The van der Waals surface area contributed by atoms with E-state index in [0.29, 0.717) is 17.4 Å². The number of benzene rings is 2. The van der Waals surface area contributed by atoms with Crippen molar-refractivity contribution in [3.8, 4) is 11.5 Å². The molecular weight excluding hydrogens is 544 g/mol. The first-order valence-electron chi connectivity index (χ1n) is 13.3. The molecule has 3 heterocycles. The first-order valence-corrected chi connectivity index (χ1v) is 13.3. The van der Waals surface area contributed by atoms with E-state index in [4.69, 9.17) is 23.0 Å². The molecule has 0 spiro atoms. The molecule has 1 saturated heterocycles. The van der Waals surface area contributed by atoms with Crippen LogP contribution in [0, 0.1) is 0 Å². The molecule has 1 N–H and O–H groups in total. The maximum atomic E-state index is 11.6. The Labute approximate surface area is 242 Å². The number of hydrogen-bond donors (Lipinski definition) is 1. The van der Waals surface area contributed by atoms with Gasteiger partial charge >= 0.3 is 11.9 Å². The monoisotopic (exact) mass is 576 g/mol. The lowest BCUT2D eigenvalue weighted by molar-refractivity contribution is -0.141. The Hall–Kier alpha value is -4.90. The summed E-state index contributed by atoms with van der Waals surface area (Å²) < 4.78 is 31.3. The number of nitrogens with zero attached hydrogens (tertiary/aromatic N) is 2. The molecule has 2 atom stereocenters. The number of carbonyl (C=O) groups excluding carboxylic acids is 2. The lowest BCUT2D eigenvalue weighted by Gasteiger charge is -2.23. The second-order valence-corrected chi connectivity index (χ2v) is 9.15. The lowest BCUT2D eigenvalue weighted by atomic mass is 9.95. The topological polar surface area (TPSA) is 143 Å². The van der Waals surface area contributed by atoms with Crippen molar-refractivity contribution in [3.05, 3.63) is 102 Å². The molecule has 5 rings (SSSR count). The summed E-state index contributed by atoms with van der Waals surface area (Å²) in [5, 5.41) is 9.27. The zero-order valence-corrected chi connectivity index (χ0v) is 23.3. The molecule has 0 aliphatic carbocycles. The SMILES string of the molecule is COC(=O)/C=C(/c1ccc(OC2CCCCO2)cc1)c1ncco1.COC(=O)CC(c1ccc(O)cc1)c1ncco1. The fraction of sp³-hybridized carbons (Fsp3) is 0.290. The number of esters is 2. The minimum atomic E-state index is -0.473. The van der Waals surface area contributed by atoms with E-state index in [1.54, 1.807) is 24.3 Å². The average Bonchev–Trinajstić information content (AvgIpc) is 3.76. The quantitative estimate of drug-likeness (QED) is 0.206. The Morgan fingerprint density at radius 2 is 1.71 bits per heavy atom. The van der Waals surface area contributed by atoms with Crippen molar-refractivity contribution < 1.29 is 42.5 Å². The van der Waals surface area contributed by atoms with Gasteiger partial charge in [-0.1, -0.05) is 24.3 Å². The molecule has 1 aliphatic heterocycles. The van der Waals surface area contributed by atoms with Gasteiger partial charge in [-0.25, -0.2) is 14.8 Å². The lowest BCUT2D eigenvalue weighted by Crippen LogP contribution is -2.24. The molecule has 42 heavy (non-hydrogen) atoms. The van der Waals surface area contributed by atoms with E-state index in [1.165, 1.54) is 45.2 Å². The Morgan fingerprint density at radius 1 is 0.976 bits per heavy atom. The maximum absolute atomic E-state index is 11.6. The first-order chi connectivity index (χ1) is 20.5. The van der Waals surface area contributed by atoms with Crippen LogP contribution in [0.4, 0.5) is 0 Å². The van der Waals surface area contributed by atoms with E-state index in [-0.39, 0.29) is 30.3 Å². The van der Waals surface area contributed by atoms with Crippen molar-refractivity contribution >= 4 is 17.5 Å². The van der Waals surface area contributed by atoms with Gasteiger partial charge in [0.1, 0.15) is 24.0 Å². The van der Waals surface area contributed by atoms with Crippen molar-refractivity contribution in [3.63, 3.8) is 0 Å². The summed E-state index contributed by atoms with van der Waals surface area (Å²) in [4.78, 5) is 31.2. The Morgan fingerprint density at radius 3 is 2.31 bits per heavy atom. The smallest absolute Gasteiger partial charge is 0.331 e. The minimum Gasteiger partial charge on any atom is -0.508 e. The number of ether oxygens (including phenoxy) is 4. The Bertz CT molecular complexity index is 1410. The van der Waals surface area contributed by atoms with Gasteiger partial charge in [0.05, 0.1) is 51.1 Å². The van der Waals surface area contributed by atoms with E-state index >= 15 is 0 Å². The van der Waals surface area contributed by atoms with Crippen LogP contribution < -0.4 is 4.74 Å². The number of aromatic nitrogens is 2. The van der Waals surface area contributed by atoms with Gasteiger partial charge in [0, 0.05) is 12.5 Å². The fourth-order valence-corrected chi connectivity index (χ4v) is 4.18. The van der Waals surface area contributed by atoms with Crippen LogP contribution in [0.25, 0.3) is 5.57 Å². The first kappa shape index (κ1) is 30.1. The summed E-state index contributed by atoms with van der Waals surface area (Å²) in [5.74, 6) is 0.563. The van der Waals surface area contributed by atoms with Crippen molar-refractivity contribution in [1.82, 2.24) is 9.97 Å². The van der Waals surface area contributed by atoms with E-state index in [9.17, 15) is 14.7 Å². The fourth-order valence-electron chi connectivity index (χ4n) is 4.18. The van der Waals surface area contributed by atoms with E-state index in [2.05, 4.69) is 14.7 Å². The van der Waals surface area contributed by atoms with Crippen molar-refractivity contribution in [2.75, 3.05) is 20.8 Å². The molecule has 0 radical (unpaired) electrons. The molecule has 2 unspecified atom stereocenters. The van der Waals surface area contributed by atoms with Gasteiger partial charge in [-0.15, -0.1) is 0 Å². The summed E-state index contributed by atoms with van der Waals surface area (Å²) >= 11 is 0. The molecule has 220 valence electrons. The van der Waals surface area contributed by atoms with Gasteiger partial charge in [-0.2, -0.15) is 0 Å². The molecule has 4 aromatic rings. The highest BCUT2D eigenvalue weighted by molar-refractivity contribution is 5.94. The van der Waals surface area contributed by atoms with Gasteiger partial charge in [-0.05, 0) is 48.2 Å². The average molecular weight is 577 g/mol. The highest BCUT2D eigenvalue weighted by atomic mass is 16.7. The van der Waals surface area contributed by atoms with Crippen LogP contribution in [0.2, 0.25) is 0 Å². The zero-order chi connectivity index (χ0) is 29.7. The number of phenols is 1. The predicted molar refractivity (Wildman–Crippen MR) is 149 cm³/mol. The molecular formula is C31H32N2O9. The number of aromatic hydroxyl groups is 1. The van der Waals surface area contributed by atoms with Crippen molar-refractivity contribution in [1.29, 1.82) is 0 Å². The highest BCUT2D eigenvalue weighted by Crippen LogP contribution is 2.29. The summed E-state index contributed by atoms with van der Waals surface area (Å²) in [7, 11) is 2.67. The Kier molecular flexibility index (Phi) is 10.9. The maximum Gasteiger partial charge on any atom is 0.331 e. The van der Waals surface area contributed by atoms with Gasteiger partial charge in [0.2, 0.25) is 11.8 Å². The Balaban J connectivity index is 0.000000201. The summed E-state index contributed by atoms with van der Waals surface area (Å²) in [6, 6.07) is 13.9. The van der Waals surface area contributed by atoms with Crippen LogP contribution in [0.15, 0.2) is 88.4 Å². The summed E-state index contributed by atoms with van der Waals surface area (Å²) in [6.07, 6.45) is 10.4. The molecule has 2 aromatic carbocycles. The third-order valence-corrected chi connectivity index (χ3v) is 6.34. The van der Waals surface area contributed by atoms with E-state index in [1.807, 2.05) is 24.3 Å². The molecule has 2 aromatic heterocycles. The van der Waals surface area contributed by atoms with E-state index in [0.717, 1.165) is 42.7 Å². The van der Waals surface area contributed by atoms with Crippen LogP contribution in [-0.4, -0.2) is 54.1 Å². The standard InChI is InChI=1S/C18H19NO5.C13H13NO4/c1-21-16(20)12-15(18-19-9-11-23-18)13-5-7-14(8-6-13)24-17-4-2-3-10-22-17;1-17-12(16)8-11(13-14-6-7-18-13)9-2-4-10(15)5-3-9/h5-9,11-12,17H,2-4,10H2,1H3;2-7,11,15H,8H2,1H3/b15-12-;. The van der Waals surface area contributed by atoms with E-state index < -0.39 is 5.97 Å². The normalized spacial score (nSPS) is 15.6. The molecule has 1 fully saturated rings. The molecule has 0 bridgehead atoms. The number of rotatable bonds is 9. The number of carbonyl (C=O) groups is 2. The third-order valence-electron chi connectivity index (χ3n) is 6.34. The van der Waals surface area contributed by atoms with Gasteiger partial charge in [0.25, 0.3) is 0 Å². The van der Waals surface area contributed by atoms with Crippen LogP contribution in [0.1, 0.15) is 54.5 Å². The van der Waals surface area contributed by atoms with Crippen LogP contribution in [0.3, 0.4) is 0 Å². The van der Waals surface area contributed by atoms with Crippen LogP contribution in [0.5, 0.6) is 11.5 Å². The van der Waals surface area contributed by atoms with Gasteiger partial charge in [-0.3, -0.25) is 4.79 Å². The van der Waals surface area contributed by atoms with Crippen LogP contribution in [-0.2, 0) is 23.8 Å². The molecule has 1 aliphatic rings. The van der Waals surface area contributed by atoms with Crippen molar-refractivity contribution in [2.24, 2.45) is 0 Å².